The van der Waals surface area contributed by atoms with Crippen LogP contribution in [0.2, 0.25) is 5.02 Å². The number of esters is 1. The lowest BCUT2D eigenvalue weighted by molar-refractivity contribution is 0.0600. The van der Waals surface area contributed by atoms with Crippen LogP contribution in [0.3, 0.4) is 0 Å². The first kappa shape index (κ1) is 17.9. The summed E-state index contributed by atoms with van der Waals surface area (Å²) in [6.45, 7) is 0. The SMILES string of the molecule is COC(=O)c1cc(S(=O)(=O)NC2CCCc3ccccc32)ccc1Cl. The second kappa shape index (κ2) is 7.15. The summed E-state index contributed by atoms with van der Waals surface area (Å²) in [5.41, 5.74) is 2.18. The van der Waals surface area contributed by atoms with E-state index >= 15 is 0 Å². The fraction of sp³-hybridized carbons (Fsp3) is 0.278. The molecular weight excluding hydrogens is 362 g/mol. The van der Waals surface area contributed by atoms with Gasteiger partial charge in [-0.15, -0.1) is 0 Å². The highest BCUT2D eigenvalue weighted by molar-refractivity contribution is 7.89. The number of aryl methyl sites for hydroxylation is 1. The summed E-state index contributed by atoms with van der Waals surface area (Å²) < 4.78 is 32.9. The number of fused-ring (bicyclic) bond motifs is 1. The minimum atomic E-state index is -3.80. The molecule has 5 nitrogen and oxygen atoms in total. The Bertz CT molecular complexity index is 911. The van der Waals surface area contributed by atoms with Crippen LogP contribution in [0.25, 0.3) is 0 Å². The first-order valence-corrected chi connectivity index (χ1v) is 9.76. The molecule has 0 spiro atoms. The molecule has 3 rings (SSSR count). The summed E-state index contributed by atoms with van der Waals surface area (Å²) in [5, 5.41) is 0.147. The standard InChI is InChI=1S/C18H18ClNO4S/c1-24-18(21)15-11-13(9-10-16(15)19)25(22,23)20-17-8-4-6-12-5-2-3-7-14(12)17/h2-3,5,7,9-11,17,20H,4,6,8H2,1H3. The maximum absolute atomic E-state index is 12.8. The number of sulfonamides is 1. The van der Waals surface area contributed by atoms with Gasteiger partial charge in [-0.2, -0.15) is 0 Å². The van der Waals surface area contributed by atoms with Crippen LogP contribution in [0.4, 0.5) is 0 Å². The lowest BCUT2D eigenvalue weighted by Gasteiger charge is -2.26. The highest BCUT2D eigenvalue weighted by atomic mass is 35.5. The molecule has 0 saturated heterocycles. The van der Waals surface area contributed by atoms with E-state index in [4.69, 9.17) is 11.6 Å². The van der Waals surface area contributed by atoms with Crippen molar-refractivity contribution in [1.29, 1.82) is 0 Å². The third-order valence-corrected chi connectivity index (χ3v) is 6.12. The van der Waals surface area contributed by atoms with E-state index in [0.717, 1.165) is 30.4 Å². The van der Waals surface area contributed by atoms with Crippen LogP contribution >= 0.6 is 11.6 Å². The van der Waals surface area contributed by atoms with Crippen molar-refractivity contribution in [2.45, 2.75) is 30.2 Å². The largest absolute Gasteiger partial charge is 0.465 e. The molecule has 132 valence electrons. The van der Waals surface area contributed by atoms with Crippen molar-refractivity contribution in [3.05, 3.63) is 64.2 Å². The zero-order valence-corrected chi connectivity index (χ0v) is 15.2. The first-order valence-electron chi connectivity index (χ1n) is 7.90. The molecule has 0 amide bonds. The fourth-order valence-corrected chi connectivity index (χ4v) is 4.54. The summed E-state index contributed by atoms with van der Waals surface area (Å²) >= 11 is 5.96. The molecule has 0 fully saturated rings. The van der Waals surface area contributed by atoms with Gasteiger partial charge in [-0.3, -0.25) is 0 Å². The van der Waals surface area contributed by atoms with Crippen molar-refractivity contribution in [3.63, 3.8) is 0 Å². The number of methoxy groups -OCH3 is 1. The molecular formula is C18H18ClNO4S. The first-order chi connectivity index (χ1) is 11.9. The lowest BCUT2D eigenvalue weighted by atomic mass is 9.88. The quantitative estimate of drug-likeness (QED) is 0.825. The van der Waals surface area contributed by atoms with Crippen LogP contribution in [-0.2, 0) is 21.2 Å². The number of nitrogens with one attached hydrogen (secondary N) is 1. The number of halogens is 1. The van der Waals surface area contributed by atoms with Gasteiger partial charge >= 0.3 is 5.97 Å². The number of hydrogen-bond donors (Lipinski definition) is 1. The van der Waals surface area contributed by atoms with Gasteiger partial charge in [0, 0.05) is 6.04 Å². The average Bonchev–Trinajstić information content (AvgIpc) is 2.61. The van der Waals surface area contributed by atoms with Gasteiger partial charge in [0.1, 0.15) is 0 Å². The molecule has 1 aliphatic carbocycles. The van der Waals surface area contributed by atoms with Gasteiger partial charge in [-0.1, -0.05) is 35.9 Å². The van der Waals surface area contributed by atoms with E-state index < -0.39 is 16.0 Å². The number of carbonyl (C=O) groups excluding carboxylic acids is 1. The third kappa shape index (κ3) is 3.71. The van der Waals surface area contributed by atoms with Gasteiger partial charge in [0.25, 0.3) is 0 Å². The van der Waals surface area contributed by atoms with E-state index in [1.165, 1.54) is 25.3 Å². The number of carbonyl (C=O) groups is 1. The maximum atomic E-state index is 12.8. The monoisotopic (exact) mass is 379 g/mol. The maximum Gasteiger partial charge on any atom is 0.339 e. The Morgan fingerprint density at radius 2 is 2.00 bits per heavy atom. The molecule has 7 heteroatoms. The zero-order valence-electron chi connectivity index (χ0n) is 13.7. The Kier molecular flexibility index (Phi) is 5.13. The minimum absolute atomic E-state index is 0.0136. The third-order valence-electron chi connectivity index (χ3n) is 4.32. The predicted octanol–water partition coefficient (Wildman–Crippen LogP) is 3.48. The Morgan fingerprint density at radius 1 is 1.24 bits per heavy atom. The van der Waals surface area contributed by atoms with Gasteiger partial charge in [-0.05, 0) is 48.6 Å². The molecule has 0 aromatic heterocycles. The van der Waals surface area contributed by atoms with Crippen LogP contribution in [0.5, 0.6) is 0 Å². The van der Waals surface area contributed by atoms with Crippen LogP contribution in [0.1, 0.15) is 40.4 Å². The summed E-state index contributed by atoms with van der Waals surface area (Å²) in [5.74, 6) is -0.676. The Morgan fingerprint density at radius 3 is 2.76 bits per heavy atom. The normalized spacial score (nSPS) is 17.0. The number of rotatable bonds is 4. The molecule has 1 unspecified atom stereocenters. The smallest absolute Gasteiger partial charge is 0.339 e. The number of ether oxygens (including phenoxy) is 1. The molecule has 0 radical (unpaired) electrons. The molecule has 2 aromatic rings. The molecule has 25 heavy (non-hydrogen) atoms. The molecule has 1 N–H and O–H groups in total. The average molecular weight is 380 g/mol. The summed E-state index contributed by atoms with van der Waals surface area (Å²) in [6, 6.07) is 11.6. The summed E-state index contributed by atoms with van der Waals surface area (Å²) in [6.07, 6.45) is 2.59. The lowest BCUT2D eigenvalue weighted by Crippen LogP contribution is -2.31. The Hall–Kier alpha value is -1.89. The van der Waals surface area contributed by atoms with Gasteiger partial charge in [0.2, 0.25) is 10.0 Å². The van der Waals surface area contributed by atoms with Crippen molar-refractivity contribution < 1.29 is 17.9 Å². The molecule has 0 heterocycles. The number of hydrogen-bond acceptors (Lipinski definition) is 4. The zero-order chi connectivity index (χ0) is 18.0. The van der Waals surface area contributed by atoms with E-state index in [0.29, 0.717) is 0 Å². The highest BCUT2D eigenvalue weighted by Gasteiger charge is 2.26. The number of benzene rings is 2. The second-order valence-electron chi connectivity index (χ2n) is 5.90. The molecule has 0 bridgehead atoms. The Labute approximate surface area is 152 Å². The van der Waals surface area contributed by atoms with Gasteiger partial charge in [-0.25, -0.2) is 17.9 Å². The Balaban J connectivity index is 1.92. The van der Waals surface area contributed by atoms with Crippen molar-refractivity contribution in [3.8, 4) is 0 Å². The molecule has 0 saturated carbocycles. The van der Waals surface area contributed by atoms with Gasteiger partial charge in [0.05, 0.1) is 22.6 Å². The second-order valence-corrected chi connectivity index (χ2v) is 8.02. The van der Waals surface area contributed by atoms with Gasteiger partial charge in [0.15, 0.2) is 0 Å². The van der Waals surface area contributed by atoms with Crippen LogP contribution < -0.4 is 4.72 Å². The van der Waals surface area contributed by atoms with Crippen molar-refractivity contribution in [1.82, 2.24) is 4.72 Å². The van der Waals surface area contributed by atoms with E-state index in [2.05, 4.69) is 9.46 Å². The molecule has 2 aromatic carbocycles. The van der Waals surface area contributed by atoms with Crippen LogP contribution in [0.15, 0.2) is 47.4 Å². The minimum Gasteiger partial charge on any atom is -0.465 e. The highest BCUT2D eigenvalue weighted by Crippen LogP contribution is 2.31. The van der Waals surface area contributed by atoms with E-state index in [1.807, 2.05) is 24.3 Å². The van der Waals surface area contributed by atoms with Crippen LogP contribution in [0, 0.1) is 0 Å². The predicted molar refractivity (Wildman–Crippen MR) is 95.2 cm³/mol. The van der Waals surface area contributed by atoms with E-state index in [9.17, 15) is 13.2 Å². The fourth-order valence-electron chi connectivity index (χ4n) is 3.07. The molecule has 0 aliphatic heterocycles. The molecule has 1 aliphatic rings. The summed E-state index contributed by atoms with van der Waals surface area (Å²) in [7, 11) is -2.58. The van der Waals surface area contributed by atoms with Crippen molar-refractivity contribution >= 4 is 27.6 Å². The summed E-state index contributed by atoms with van der Waals surface area (Å²) in [4.78, 5) is 11.7. The topological polar surface area (TPSA) is 72.5 Å². The van der Waals surface area contributed by atoms with E-state index in [-0.39, 0.29) is 21.5 Å². The van der Waals surface area contributed by atoms with Crippen molar-refractivity contribution in [2.24, 2.45) is 0 Å². The van der Waals surface area contributed by atoms with E-state index in [1.54, 1.807) is 0 Å². The van der Waals surface area contributed by atoms with Crippen molar-refractivity contribution in [2.75, 3.05) is 7.11 Å². The molecule has 1 atom stereocenters. The van der Waals surface area contributed by atoms with Crippen LogP contribution in [-0.4, -0.2) is 21.5 Å². The van der Waals surface area contributed by atoms with Gasteiger partial charge < -0.3 is 4.74 Å².